The monoisotopic (exact) mass is 289 g/mol. The average Bonchev–Trinajstić information content (AvgIpc) is 3.18. The standard InChI is InChI=1S/C11H11N7OS/c19-10(14-6-9-12-3-4-13-9)7-18-16-11(15-17-18)8-2-1-5-20-8/h1-5H,6-7H2,(H,12,13)(H,14,19). The molecule has 102 valence electrons. The van der Waals surface area contributed by atoms with Gasteiger partial charge in [0, 0.05) is 12.4 Å². The molecule has 20 heavy (non-hydrogen) atoms. The molecule has 0 aliphatic rings. The van der Waals surface area contributed by atoms with Crippen molar-refractivity contribution in [2.45, 2.75) is 13.1 Å². The van der Waals surface area contributed by atoms with Gasteiger partial charge in [0.05, 0.1) is 11.4 Å². The van der Waals surface area contributed by atoms with Crippen LogP contribution in [-0.2, 0) is 17.9 Å². The molecule has 3 aromatic rings. The number of carbonyl (C=O) groups is 1. The van der Waals surface area contributed by atoms with Crippen LogP contribution in [0.2, 0.25) is 0 Å². The molecule has 0 unspecified atom stereocenters. The van der Waals surface area contributed by atoms with Gasteiger partial charge in [0.1, 0.15) is 12.4 Å². The van der Waals surface area contributed by atoms with Gasteiger partial charge in [-0.05, 0) is 16.7 Å². The number of imidazole rings is 1. The van der Waals surface area contributed by atoms with Crippen molar-refractivity contribution in [2.75, 3.05) is 0 Å². The molecule has 1 amide bonds. The van der Waals surface area contributed by atoms with Crippen molar-refractivity contribution in [1.82, 2.24) is 35.5 Å². The Labute approximate surface area is 117 Å². The number of carbonyl (C=O) groups excluding carboxylic acids is 1. The van der Waals surface area contributed by atoms with E-state index < -0.39 is 0 Å². The van der Waals surface area contributed by atoms with Crippen LogP contribution in [-0.4, -0.2) is 36.1 Å². The molecule has 0 aliphatic carbocycles. The molecule has 3 rings (SSSR count). The van der Waals surface area contributed by atoms with E-state index in [1.165, 1.54) is 16.1 Å². The molecule has 0 radical (unpaired) electrons. The van der Waals surface area contributed by atoms with Crippen molar-refractivity contribution in [3.05, 3.63) is 35.7 Å². The number of aromatic nitrogens is 6. The molecule has 0 atom stereocenters. The normalized spacial score (nSPS) is 10.6. The summed E-state index contributed by atoms with van der Waals surface area (Å²) >= 11 is 1.53. The topological polar surface area (TPSA) is 101 Å². The van der Waals surface area contributed by atoms with Crippen molar-refractivity contribution in [2.24, 2.45) is 0 Å². The highest BCUT2D eigenvalue weighted by molar-refractivity contribution is 7.13. The van der Waals surface area contributed by atoms with Crippen LogP contribution < -0.4 is 5.32 Å². The Morgan fingerprint density at radius 3 is 3.20 bits per heavy atom. The maximum Gasteiger partial charge on any atom is 0.244 e. The molecular formula is C11H11N7OS. The van der Waals surface area contributed by atoms with Gasteiger partial charge in [-0.2, -0.15) is 4.80 Å². The van der Waals surface area contributed by atoms with E-state index in [2.05, 4.69) is 30.7 Å². The Bertz CT molecular complexity index is 674. The summed E-state index contributed by atoms with van der Waals surface area (Å²) in [6.07, 6.45) is 3.33. The van der Waals surface area contributed by atoms with Gasteiger partial charge in [0.2, 0.25) is 11.7 Å². The number of rotatable bonds is 5. The van der Waals surface area contributed by atoms with Crippen molar-refractivity contribution in [3.8, 4) is 10.7 Å². The summed E-state index contributed by atoms with van der Waals surface area (Å²) in [5, 5.41) is 16.6. The van der Waals surface area contributed by atoms with Gasteiger partial charge in [0.25, 0.3) is 0 Å². The Balaban J connectivity index is 1.56. The first-order chi connectivity index (χ1) is 9.81. The van der Waals surface area contributed by atoms with Crippen LogP contribution in [0.1, 0.15) is 5.82 Å². The minimum atomic E-state index is -0.198. The van der Waals surface area contributed by atoms with Gasteiger partial charge in [0.15, 0.2) is 0 Å². The predicted molar refractivity (Wildman–Crippen MR) is 71.6 cm³/mol. The third kappa shape index (κ3) is 2.88. The largest absolute Gasteiger partial charge is 0.347 e. The number of hydrogen-bond donors (Lipinski definition) is 2. The third-order valence-electron chi connectivity index (χ3n) is 2.49. The lowest BCUT2D eigenvalue weighted by molar-refractivity contribution is -0.122. The van der Waals surface area contributed by atoms with E-state index in [4.69, 9.17) is 0 Å². The molecule has 9 heteroatoms. The summed E-state index contributed by atoms with van der Waals surface area (Å²) in [6, 6.07) is 3.82. The summed E-state index contributed by atoms with van der Waals surface area (Å²) < 4.78 is 0. The summed E-state index contributed by atoms with van der Waals surface area (Å²) in [4.78, 5) is 20.8. The van der Waals surface area contributed by atoms with Crippen molar-refractivity contribution < 1.29 is 4.79 Å². The second-order valence-electron chi connectivity index (χ2n) is 3.93. The number of nitrogens with one attached hydrogen (secondary N) is 2. The quantitative estimate of drug-likeness (QED) is 0.709. The maximum atomic E-state index is 11.7. The molecule has 3 aromatic heterocycles. The number of amides is 1. The number of hydrogen-bond acceptors (Lipinski definition) is 6. The lowest BCUT2D eigenvalue weighted by Gasteiger charge is -2.01. The van der Waals surface area contributed by atoms with Crippen LogP contribution in [0, 0.1) is 0 Å². The summed E-state index contributed by atoms with van der Waals surface area (Å²) in [5.41, 5.74) is 0. The predicted octanol–water partition coefficient (Wildman–Crippen LogP) is 0.441. The van der Waals surface area contributed by atoms with Gasteiger partial charge in [-0.3, -0.25) is 4.79 Å². The second-order valence-corrected chi connectivity index (χ2v) is 4.88. The van der Waals surface area contributed by atoms with Gasteiger partial charge in [-0.1, -0.05) is 6.07 Å². The van der Waals surface area contributed by atoms with Crippen LogP contribution in [0.4, 0.5) is 0 Å². The van der Waals surface area contributed by atoms with Crippen LogP contribution in [0.3, 0.4) is 0 Å². The van der Waals surface area contributed by atoms with Crippen molar-refractivity contribution >= 4 is 17.2 Å². The first-order valence-electron chi connectivity index (χ1n) is 5.88. The van der Waals surface area contributed by atoms with E-state index in [1.54, 1.807) is 12.4 Å². The van der Waals surface area contributed by atoms with E-state index in [-0.39, 0.29) is 12.5 Å². The second kappa shape index (κ2) is 5.61. The molecule has 8 nitrogen and oxygen atoms in total. The van der Waals surface area contributed by atoms with Crippen molar-refractivity contribution in [1.29, 1.82) is 0 Å². The molecule has 0 saturated heterocycles. The molecule has 0 saturated carbocycles. The fourth-order valence-electron chi connectivity index (χ4n) is 1.58. The van der Waals surface area contributed by atoms with E-state index in [9.17, 15) is 4.79 Å². The van der Waals surface area contributed by atoms with Gasteiger partial charge in [-0.15, -0.1) is 21.5 Å². The summed E-state index contributed by atoms with van der Waals surface area (Å²) in [7, 11) is 0. The van der Waals surface area contributed by atoms with E-state index in [0.29, 0.717) is 18.2 Å². The van der Waals surface area contributed by atoms with Crippen LogP contribution in [0.15, 0.2) is 29.9 Å². The molecule has 0 bridgehead atoms. The minimum Gasteiger partial charge on any atom is -0.347 e. The zero-order valence-corrected chi connectivity index (χ0v) is 11.2. The fourth-order valence-corrected chi connectivity index (χ4v) is 2.22. The smallest absolute Gasteiger partial charge is 0.244 e. The molecule has 0 fully saturated rings. The zero-order chi connectivity index (χ0) is 13.8. The molecular weight excluding hydrogens is 278 g/mol. The molecule has 0 spiro atoms. The highest BCUT2D eigenvalue weighted by Crippen LogP contribution is 2.19. The first kappa shape index (κ1) is 12.5. The van der Waals surface area contributed by atoms with E-state index in [1.807, 2.05) is 17.5 Å². The van der Waals surface area contributed by atoms with Gasteiger partial charge < -0.3 is 10.3 Å². The van der Waals surface area contributed by atoms with Crippen molar-refractivity contribution in [3.63, 3.8) is 0 Å². The molecule has 0 aromatic carbocycles. The number of aromatic amines is 1. The van der Waals surface area contributed by atoms with Gasteiger partial charge >= 0.3 is 0 Å². The van der Waals surface area contributed by atoms with Crippen LogP contribution in [0.25, 0.3) is 10.7 Å². The van der Waals surface area contributed by atoms with E-state index >= 15 is 0 Å². The molecule has 2 N–H and O–H groups in total. The number of H-pyrrole nitrogens is 1. The number of thiophene rings is 1. The van der Waals surface area contributed by atoms with Crippen LogP contribution >= 0.6 is 11.3 Å². The zero-order valence-electron chi connectivity index (χ0n) is 10.4. The maximum absolute atomic E-state index is 11.7. The third-order valence-corrected chi connectivity index (χ3v) is 3.35. The van der Waals surface area contributed by atoms with Crippen LogP contribution in [0.5, 0.6) is 0 Å². The lowest BCUT2D eigenvalue weighted by atomic mass is 10.5. The highest BCUT2D eigenvalue weighted by Gasteiger charge is 2.09. The molecule has 0 aliphatic heterocycles. The Morgan fingerprint density at radius 1 is 1.50 bits per heavy atom. The lowest BCUT2D eigenvalue weighted by Crippen LogP contribution is -2.28. The summed E-state index contributed by atoms with van der Waals surface area (Å²) in [6.45, 7) is 0.372. The fraction of sp³-hybridized carbons (Fsp3) is 0.182. The Hall–Kier alpha value is -2.55. The minimum absolute atomic E-state index is 0.0269. The SMILES string of the molecule is O=C(Cn1nnc(-c2cccs2)n1)NCc1ncc[nH]1. The van der Waals surface area contributed by atoms with Gasteiger partial charge in [-0.25, -0.2) is 4.98 Å². The Kier molecular flexibility index (Phi) is 3.50. The Morgan fingerprint density at radius 2 is 2.45 bits per heavy atom. The summed E-state index contributed by atoms with van der Waals surface area (Å²) in [5.74, 6) is 1.03. The highest BCUT2D eigenvalue weighted by atomic mass is 32.1. The molecule has 3 heterocycles. The number of tetrazole rings is 1. The first-order valence-corrected chi connectivity index (χ1v) is 6.76. The van der Waals surface area contributed by atoms with E-state index in [0.717, 1.165) is 4.88 Å². The average molecular weight is 289 g/mol. The number of nitrogens with zero attached hydrogens (tertiary/aromatic N) is 5.